The quantitative estimate of drug-likeness (QED) is 0.712. The lowest BCUT2D eigenvalue weighted by molar-refractivity contribution is -0.117. The number of thiazole rings is 1. The summed E-state index contributed by atoms with van der Waals surface area (Å²) in [5, 5.41) is 7.15. The summed E-state index contributed by atoms with van der Waals surface area (Å²) in [5.74, 6) is -0.764. The summed E-state index contributed by atoms with van der Waals surface area (Å²) < 4.78 is 26.9. The Bertz CT molecular complexity index is 817. The van der Waals surface area contributed by atoms with Gasteiger partial charge < -0.3 is 10.6 Å². The second-order valence-corrected chi connectivity index (χ2v) is 7.48. The van der Waals surface area contributed by atoms with Crippen LogP contribution in [0.2, 0.25) is 0 Å². The third-order valence-corrected chi connectivity index (χ3v) is 5.12. The highest BCUT2D eigenvalue weighted by molar-refractivity contribution is 7.89. The number of hydrogen-bond acceptors (Lipinski definition) is 6. The van der Waals surface area contributed by atoms with Crippen LogP contribution < -0.4 is 15.4 Å². The molecule has 10 heteroatoms. The maximum Gasteiger partial charge on any atom is 0.244 e. The third-order valence-electron chi connectivity index (χ3n) is 2.87. The molecule has 0 saturated carbocycles. The van der Waals surface area contributed by atoms with Crippen LogP contribution in [0.3, 0.4) is 0 Å². The normalized spacial score (nSPS) is 12.4. The number of aromatic nitrogens is 1. The first-order valence-electron chi connectivity index (χ1n) is 6.88. The number of nitrogens with one attached hydrogen (secondary N) is 3. The van der Waals surface area contributed by atoms with Gasteiger partial charge in [0.2, 0.25) is 21.8 Å². The number of hydrogen-bond donors (Lipinski definition) is 3. The molecule has 2 aromatic rings. The standard InChI is InChI=1S/C14H16N4O4S2/c1-9(13(20)17-14-15-7-8-23-14)18-24(21,22)12-5-3-11(4-6-12)16-10(2)19/h3-9,18H,1-2H3,(H,16,19)(H,15,17,20)/t9-/m0/s1. The minimum Gasteiger partial charge on any atom is -0.326 e. The number of carbonyl (C=O) groups excluding carboxylic acids is 2. The Morgan fingerprint density at radius 2 is 1.83 bits per heavy atom. The molecule has 0 aliphatic rings. The number of carbonyl (C=O) groups is 2. The fourth-order valence-electron chi connectivity index (χ4n) is 1.77. The average molecular weight is 368 g/mol. The summed E-state index contributed by atoms with van der Waals surface area (Å²) >= 11 is 1.23. The van der Waals surface area contributed by atoms with Gasteiger partial charge in [-0.3, -0.25) is 9.59 Å². The Balaban J connectivity index is 2.04. The summed E-state index contributed by atoms with van der Waals surface area (Å²) in [6.07, 6.45) is 1.53. The van der Waals surface area contributed by atoms with Crippen molar-refractivity contribution in [3.05, 3.63) is 35.8 Å². The van der Waals surface area contributed by atoms with Crippen molar-refractivity contribution in [1.29, 1.82) is 0 Å². The van der Waals surface area contributed by atoms with Crippen LogP contribution in [0.15, 0.2) is 40.7 Å². The Morgan fingerprint density at radius 1 is 1.17 bits per heavy atom. The molecule has 1 heterocycles. The van der Waals surface area contributed by atoms with E-state index in [0.717, 1.165) is 0 Å². The van der Waals surface area contributed by atoms with Gasteiger partial charge in [-0.2, -0.15) is 4.72 Å². The van der Waals surface area contributed by atoms with E-state index in [1.165, 1.54) is 55.6 Å². The zero-order chi connectivity index (χ0) is 17.7. The van der Waals surface area contributed by atoms with E-state index in [-0.39, 0.29) is 10.8 Å². The largest absolute Gasteiger partial charge is 0.326 e. The Morgan fingerprint density at radius 3 is 2.38 bits per heavy atom. The molecule has 1 aromatic heterocycles. The topological polar surface area (TPSA) is 117 Å². The monoisotopic (exact) mass is 368 g/mol. The first-order chi connectivity index (χ1) is 11.3. The maximum absolute atomic E-state index is 12.3. The van der Waals surface area contributed by atoms with Crippen molar-refractivity contribution in [3.63, 3.8) is 0 Å². The molecule has 3 N–H and O–H groups in total. The molecule has 0 aliphatic carbocycles. The number of benzene rings is 1. The second kappa shape index (κ2) is 7.51. The predicted octanol–water partition coefficient (Wildman–Crippen LogP) is 1.41. The average Bonchev–Trinajstić information content (AvgIpc) is 2.99. The summed E-state index contributed by atoms with van der Waals surface area (Å²) in [7, 11) is -3.87. The highest BCUT2D eigenvalue weighted by Gasteiger charge is 2.22. The first kappa shape index (κ1) is 18.0. The zero-order valence-corrected chi connectivity index (χ0v) is 14.6. The molecule has 0 spiro atoms. The van der Waals surface area contributed by atoms with Crippen LogP contribution in [0.4, 0.5) is 10.8 Å². The molecule has 24 heavy (non-hydrogen) atoms. The molecule has 128 valence electrons. The summed E-state index contributed by atoms with van der Waals surface area (Å²) in [6, 6.07) is 4.65. The Hall–Kier alpha value is -2.30. The van der Waals surface area contributed by atoms with Gasteiger partial charge >= 0.3 is 0 Å². The fourth-order valence-corrected chi connectivity index (χ4v) is 3.51. The van der Waals surface area contributed by atoms with Crippen LogP contribution in [0, 0.1) is 0 Å². The van der Waals surface area contributed by atoms with Crippen molar-refractivity contribution in [2.45, 2.75) is 24.8 Å². The van der Waals surface area contributed by atoms with E-state index in [1.54, 1.807) is 5.38 Å². The lowest BCUT2D eigenvalue weighted by atomic mass is 10.3. The molecule has 1 atom stereocenters. The molecule has 0 saturated heterocycles. The second-order valence-electron chi connectivity index (χ2n) is 4.88. The van der Waals surface area contributed by atoms with E-state index in [9.17, 15) is 18.0 Å². The number of sulfonamides is 1. The van der Waals surface area contributed by atoms with Gasteiger partial charge in [-0.1, -0.05) is 0 Å². The van der Waals surface area contributed by atoms with Crippen molar-refractivity contribution in [2.24, 2.45) is 0 Å². The molecule has 0 bridgehead atoms. The highest BCUT2D eigenvalue weighted by Crippen LogP contribution is 2.15. The molecule has 0 radical (unpaired) electrons. The zero-order valence-electron chi connectivity index (χ0n) is 12.9. The van der Waals surface area contributed by atoms with Crippen LogP contribution in [-0.4, -0.2) is 31.3 Å². The van der Waals surface area contributed by atoms with Crippen molar-refractivity contribution in [2.75, 3.05) is 10.6 Å². The smallest absolute Gasteiger partial charge is 0.244 e. The van der Waals surface area contributed by atoms with Gasteiger partial charge in [-0.25, -0.2) is 13.4 Å². The van der Waals surface area contributed by atoms with Crippen LogP contribution >= 0.6 is 11.3 Å². The van der Waals surface area contributed by atoms with E-state index in [2.05, 4.69) is 20.3 Å². The van der Waals surface area contributed by atoms with Crippen LogP contribution in [0.1, 0.15) is 13.8 Å². The molecule has 0 fully saturated rings. The van der Waals surface area contributed by atoms with E-state index < -0.39 is 22.0 Å². The molecule has 0 unspecified atom stereocenters. The molecule has 1 aromatic carbocycles. The van der Waals surface area contributed by atoms with Gasteiger partial charge in [0.25, 0.3) is 0 Å². The van der Waals surface area contributed by atoms with Gasteiger partial charge in [0.15, 0.2) is 5.13 Å². The van der Waals surface area contributed by atoms with Crippen molar-refractivity contribution in [3.8, 4) is 0 Å². The van der Waals surface area contributed by atoms with Gasteiger partial charge in [0, 0.05) is 24.2 Å². The molecule has 2 rings (SSSR count). The number of rotatable bonds is 6. The van der Waals surface area contributed by atoms with E-state index >= 15 is 0 Å². The summed E-state index contributed by atoms with van der Waals surface area (Å²) in [6.45, 7) is 2.79. The van der Waals surface area contributed by atoms with Gasteiger partial charge in [-0.05, 0) is 31.2 Å². The van der Waals surface area contributed by atoms with E-state index in [4.69, 9.17) is 0 Å². The Kier molecular flexibility index (Phi) is 5.65. The molecule has 8 nitrogen and oxygen atoms in total. The lowest BCUT2D eigenvalue weighted by Crippen LogP contribution is -2.41. The predicted molar refractivity (Wildman–Crippen MR) is 91.3 cm³/mol. The van der Waals surface area contributed by atoms with Gasteiger partial charge in [0.05, 0.1) is 10.9 Å². The number of anilines is 2. The first-order valence-corrected chi connectivity index (χ1v) is 9.24. The molecular formula is C14H16N4O4S2. The maximum atomic E-state index is 12.3. The Labute approximate surface area is 143 Å². The molecular weight excluding hydrogens is 352 g/mol. The molecule has 0 aliphatic heterocycles. The number of amides is 2. The fraction of sp³-hybridized carbons (Fsp3) is 0.214. The third kappa shape index (κ3) is 4.85. The van der Waals surface area contributed by atoms with Crippen molar-refractivity contribution < 1.29 is 18.0 Å². The van der Waals surface area contributed by atoms with E-state index in [1.807, 2.05) is 0 Å². The molecule has 2 amide bonds. The lowest BCUT2D eigenvalue weighted by Gasteiger charge is -2.13. The minimum atomic E-state index is -3.87. The highest BCUT2D eigenvalue weighted by atomic mass is 32.2. The van der Waals surface area contributed by atoms with Crippen molar-refractivity contribution in [1.82, 2.24) is 9.71 Å². The van der Waals surface area contributed by atoms with Gasteiger partial charge in [-0.15, -0.1) is 11.3 Å². The van der Waals surface area contributed by atoms with Gasteiger partial charge in [0.1, 0.15) is 0 Å². The summed E-state index contributed by atoms with van der Waals surface area (Å²) in [5.41, 5.74) is 0.482. The SMILES string of the molecule is CC(=O)Nc1ccc(S(=O)(=O)N[C@@H](C)C(=O)Nc2nccs2)cc1. The van der Waals surface area contributed by atoms with E-state index in [0.29, 0.717) is 10.8 Å². The van der Waals surface area contributed by atoms with Crippen LogP contribution in [-0.2, 0) is 19.6 Å². The number of nitrogens with zero attached hydrogens (tertiary/aromatic N) is 1. The van der Waals surface area contributed by atoms with Crippen LogP contribution in [0.25, 0.3) is 0 Å². The minimum absolute atomic E-state index is 0.00880. The van der Waals surface area contributed by atoms with Crippen molar-refractivity contribution >= 4 is 44.0 Å². The van der Waals surface area contributed by atoms with Crippen LogP contribution in [0.5, 0.6) is 0 Å². The summed E-state index contributed by atoms with van der Waals surface area (Å²) in [4.78, 5) is 26.8.